The number of nitrogens with one attached hydrogen (secondary N) is 1. The topological polar surface area (TPSA) is 46.2 Å². The second-order valence-corrected chi connectivity index (χ2v) is 6.98. The molecule has 0 fully saturated rings. The Morgan fingerprint density at radius 2 is 1.95 bits per heavy atom. The number of hydrogen-bond acceptors (Lipinski definition) is 3. The Morgan fingerprint density at radius 1 is 1.26 bits per heavy atom. The third-order valence-corrected chi connectivity index (χ3v) is 4.91. The fourth-order valence-electron chi connectivity index (χ4n) is 2.02. The zero-order chi connectivity index (χ0) is 14.3. The zero-order valence-electron chi connectivity index (χ0n) is 11.5. The largest absolute Gasteiger partial charge is 0.310 e. The van der Waals surface area contributed by atoms with Crippen molar-refractivity contribution in [2.24, 2.45) is 0 Å². The minimum atomic E-state index is -2.94. The van der Waals surface area contributed by atoms with Crippen LogP contribution in [-0.4, -0.2) is 26.5 Å². The number of sulfone groups is 1. The Bertz CT molecular complexity index is 488. The molecule has 3 nitrogen and oxygen atoms in total. The summed E-state index contributed by atoms with van der Waals surface area (Å²) in [5.41, 5.74) is 0.609. The van der Waals surface area contributed by atoms with Gasteiger partial charge in [-0.3, -0.25) is 0 Å². The van der Waals surface area contributed by atoms with Crippen LogP contribution in [0, 0.1) is 5.82 Å². The highest BCUT2D eigenvalue weighted by molar-refractivity contribution is 7.91. The van der Waals surface area contributed by atoms with E-state index in [1.807, 2.05) is 6.92 Å². The van der Waals surface area contributed by atoms with Crippen molar-refractivity contribution in [3.8, 4) is 0 Å². The van der Waals surface area contributed by atoms with Crippen molar-refractivity contribution in [1.82, 2.24) is 5.32 Å². The van der Waals surface area contributed by atoms with Crippen LogP contribution in [0.1, 0.15) is 38.3 Å². The summed E-state index contributed by atoms with van der Waals surface area (Å²) in [5.74, 6) is 0.0881. The first kappa shape index (κ1) is 16.1. The maximum absolute atomic E-state index is 13.7. The van der Waals surface area contributed by atoms with E-state index < -0.39 is 9.84 Å². The summed E-state index contributed by atoms with van der Waals surface area (Å²) in [6.07, 6.45) is 1.16. The number of halogens is 1. The van der Waals surface area contributed by atoms with Crippen molar-refractivity contribution in [1.29, 1.82) is 0 Å². The maximum atomic E-state index is 13.7. The van der Waals surface area contributed by atoms with E-state index in [0.717, 1.165) is 6.54 Å². The molecule has 0 heterocycles. The molecule has 1 atom stereocenters. The van der Waals surface area contributed by atoms with E-state index in [2.05, 4.69) is 5.32 Å². The van der Waals surface area contributed by atoms with Gasteiger partial charge >= 0.3 is 0 Å². The minimum Gasteiger partial charge on any atom is -0.310 e. The summed E-state index contributed by atoms with van der Waals surface area (Å²) in [5, 5.41) is 3.21. The molecule has 1 N–H and O–H groups in total. The summed E-state index contributed by atoms with van der Waals surface area (Å²) >= 11 is 0. The van der Waals surface area contributed by atoms with Crippen LogP contribution in [0.3, 0.4) is 0 Å². The van der Waals surface area contributed by atoms with Gasteiger partial charge < -0.3 is 5.32 Å². The van der Waals surface area contributed by atoms with Crippen molar-refractivity contribution >= 4 is 9.84 Å². The van der Waals surface area contributed by atoms with Crippen molar-refractivity contribution in [3.63, 3.8) is 0 Å². The van der Waals surface area contributed by atoms with E-state index >= 15 is 0 Å². The van der Waals surface area contributed by atoms with Gasteiger partial charge in [0.25, 0.3) is 0 Å². The summed E-state index contributed by atoms with van der Waals surface area (Å²) in [6, 6.07) is 6.51. The molecule has 0 aliphatic carbocycles. The quantitative estimate of drug-likeness (QED) is 0.799. The molecule has 1 rings (SSSR count). The average molecular weight is 287 g/mol. The lowest BCUT2D eigenvalue weighted by Gasteiger charge is -2.18. The minimum absolute atomic E-state index is 0.127. The Morgan fingerprint density at radius 3 is 2.53 bits per heavy atom. The van der Waals surface area contributed by atoms with Gasteiger partial charge in [0.15, 0.2) is 0 Å². The molecule has 5 heteroatoms. The standard InChI is InChI=1S/C14H22FNO2S/c1-3-16-14(10-7-11-19(17,18)4-2)12-8-5-6-9-13(12)15/h5-6,8-9,14,16H,3-4,7,10-11H2,1-2H3. The molecule has 108 valence electrons. The van der Waals surface area contributed by atoms with E-state index in [1.165, 1.54) is 6.07 Å². The maximum Gasteiger partial charge on any atom is 0.150 e. The van der Waals surface area contributed by atoms with E-state index in [0.29, 0.717) is 18.4 Å². The molecule has 0 aliphatic heterocycles. The highest BCUT2D eigenvalue weighted by atomic mass is 32.2. The SMILES string of the molecule is CCNC(CCCS(=O)(=O)CC)c1ccccc1F. The van der Waals surface area contributed by atoms with E-state index in [4.69, 9.17) is 0 Å². The third-order valence-electron chi connectivity index (χ3n) is 3.12. The second-order valence-electron chi connectivity index (χ2n) is 4.51. The van der Waals surface area contributed by atoms with Gasteiger partial charge in [0, 0.05) is 17.4 Å². The number of rotatable bonds is 8. The Balaban J connectivity index is 2.67. The predicted molar refractivity (Wildman–Crippen MR) is 76.4 cm³/mol. The molecular formula is C14H22FNO2S. The third kappa shape index (κ3) is 5.28. The molecular weight excluding hydrogens is 265 g/mol. The monoisotopic (exact) mass is 287 g/mol. The fraction of sp³-hybridized carbons (Fsp3) is 0.571. The molecule has 0 aliphatic rings. The van der Waals surface area contributed by atoms with Crippen LogP contribution in [0.15, 0.2) is 24.3 Å². The Hall–Kier alpha value is -0.940. The lowest BCUT2D eigenvalue weighted by Crippen LogP contribution is -2.23. The summed E-state index contributed by atoms with van der Waals surface area (Å²) in [6.45, 7) is 4.32. The lowest BCUT2D eigenvalue weighted by molar-refractivity contribution is 0.479. The molecule has 0 spiro atoms. The molecule has 0 aromatic heterocycles. The van der Waals surface area contributed by atoms with Gasteiger partial charge in [-0.1, -0.05) is 32.0 Å². The van der Waals surface area contributed by atoms with Gasteiger partial charge in [-0.2, -0.15) is 0 Å². The molecule has 19 heavy (non-hydrogen) atoms. The highest BCUT2D eigenvalue weighted by Gasteiger charge is 2.15. The highest BCUT2D eigenvalue weighted by Crippen LogP contribution is 2.21. The zero-order valence-corrected chi connectivity index (χ0v) is 12.3. The van der Waals surface area contributed by atoms with Gasteiger partial charge in [0.1, 0.15) is 15.7 Å². The van der Waals surface area contributed by atoms with Gasteiger partial charge in [-0.05, 0) is 25.5 Å². The van der Waals surface area contributed by atoms with E-state index in [-0.39, 0.29) is 23.4 Å². The summed E-state index contributed by atoms with van der Waals surface area (Å²) in [4.78, 5) is 0. The first-order valence-corrected chi connectivity index (χ1v) is 8.50. The smallest absolute Gasteiger partial charge is 0.150 e. The normalized spacial score (nSPS) is 13.4. The van der Waals surface area contributed by atoms with Crippen LogP contribution < -0.4 is 5.32 Å². The first-order valence-electron chi connectivity index (χ1n) is 6.68. The van der Waals surface area contributed by atoms with Crippen LogP contribution in [0.25, 0.3) is 0 Å². The average Bonchev–Trinajstić information content (AvgIpc) is 2.38. The lowest BCUT2D eigenvalue weighted by atomic mass is 10.0. The predicted octanol–water partition coefficient (Wildman–Crippen LogP) is 2.69. The molecule has 0 bridgehead atoms. The first-order chi connectivity index (χ1) is 9.00. The summed E-state index contributed by atoms with van der Waals surface area (Å²) < 4.78 is 36.6. The molecule has 0 radical (unpaired) electrons. The van der Waals surface area contributed by atoms with Crippen molar-refractivity contribution in [3.05, 3.63) is 35.6 Å². The second kappa shape index (κ2) is 7.60. The molecule has 0 saturated heterocycles. The Labute approximate surface area is 115 Å². The van der Waals surface area contributed by atoms with E-state index in [1.54, 1.807) is 25.1 Å². The van der Waals surface area contributed by atoms with Crippen LogP contribution in [0.5, 0.6) is 0 Å². The van der Waals surface area contributed by atoms with Gasteiger partial charge in [-0.15, -0.1) is 0 Å². The van der Waals surface area contributed by atoms with Crippen LogP contribution in [-0.2, 0) is 9.84 Å². The number of hydrogen-bond donors (Lipinski definition) is 1. The van der Waals surface area contributed by atoms with Crippen molar-refractivity contribution in [2.45, 2.75) is 32.7 Å². The van der Waals surface area contributed by atoms with Crippen LogP contribution in [0.2, 0.25) is 0 Å². The van der Waals surface area contributed by atoms with Crippen molar-refractivity contribution < 1.29 is 12.8 Å². The van der Waals surface area contributed by atoms with Gasteiger partial charge in [-0.25, -0.2) is 12.8 Å². The van der Waals surface area contributed by atoms with Crippen LogP contribution >= 0.6 is 0 Å². The van der Waals surface area contributed by atoms with Crippen molar-refractivity contribution in [2.75, 3.05) is 18.1 Å². The van der Waals surface area contributed by atoms with E-state index in [9.17, 15) is 12.8 Å². The molecule has 0 saturated carbocycles. The molecule has 1 aromatic carbocycles. The fourth-order valence-corrected chi connectivity index (χ4v) is 2.92. The van der Waals surface area contributed by atoms with Crippen LogP contribution in [0.4, 0.5) is 4.39 Å². The van der Waals surface area contributed by atoms with Gasteiger partial charge in [0.05, 0.1) is 5.75 Å². The van der Waals surface area contributed by atoms with Gasteiger partial charge in [0.2, 0.25) is 0 Å². The molecule has 1 unspecified atom stereocenters. The summed E-state index contributed by atoms with van der Waals surface area (Å²) in [7, 11) is -2.94. The Kier molecular flexibility index (Phi) is 6.45. The number of benzene rings is 1. The molecule has 1 aromatic rings. The molecule has 0 amide bonds.